The first-order valence-electron chi connectivity index (χ1n) is 6.73. The lowest BCUT2D eigenvalue weighted by atomic mass is 10.2. The van der Waals surface area contributed by atoms with Crippen molar-refractivity contribution in [2.75, 3.05) is 12.4 Å². The summed E-state index contributed by atoms with van der Waals surface area (Å²) in [6.45, 7) is 0. The van der Waals surface area contributed by atoms with Gasteiger partial charge in [-0.05, 0) is 48.6 Å². The minimum atomic E-state index is -0.481. The summed E-state index contributed by atoms with van der Waals surface area (Å²) in [5.41, 5.74) is 3.80. The van der Waals surface area contributed by atoms with Gasteiger partial charge < -0.3 is 10.1 Å². The third kappa shape index (κ3) is 4.74. The molecular weight excluding hydrogens is 353 g/mol. The molecule has 2 aromatic carbocycles. The Morgan fingerprint density at radius 2 is 2.00 bits per heavy atom. The zero-order chi connectivity index (χ0) is 17.5. The highest BCUT2D eigenvalue weighted by molar-refractivity contribution is 7.80. The monoisotopic (exact) mass is 365 g/mol. The summed E-state index contributed by atoms with van der Waals surface area (Å²) in [6.07, 6.45) is 1.24. The first-order chi connectivity index (χ1) is 11.5. The van der Waals surface area contributed by atoms with Crippen LogP contribution in [0.5, 0.6) is 0 Å². The van der Waals surface area contributed by atoms with Crippen molar-refractivity contribution in [1.29, 1.82) is 0 Å². The van der Waals surface area contributed by atoms with Crippen molar-refractivity contribution in [3.05, 3.63) is 64.4 Å². The maximum absolute atomic E-state index is 13.6. The highest BCUT2D eigenvalue weighted by Gasteiger charge is 2.05. The third-order valence-electron chi connectivity index (χ3n) is 2.92. The predicted molar refractivity (Wildman–Crippen MR) is 96.1 cm³/mol. The van der Waals surface area contributed by atoms with Gasteiger partial charge in [-0.25, -0.2) is 9.18 Å². The van der Waals surface area contributed by atoms with Gasteiger partial charge in [0.1, 0.15) is 5.82 Å². The van der Waals surface area contributed by atoms with Crippen LogP contribution in [-0.4, -0.2) is 24.4 Å². The molecule has 0 saturated heterocycles. The van der Waals surface area contributed by atoms with Crippen LogP contribution in [0.25, 0.3) is 0 Å². The topological polar surface area (TPSA) is 62.7 Å². The van der Waals surface area contributed by atoms with E-state index in [4.69, 9.17) is 23.8 Å². The van der Waals surface area contributed by atoms with Crippen molar-refractivity contribution >= 4 is 46.8 Å². The molecule has 0 aromatic heterocycles. The van der Waals surface area contributed by atoms with Crippen molar-refractivity contribution in [2.24, 2.45) is 5.10 Å². The van der Waals surface area contributed by atoms with E-state index in [0.717, 1.165) is 0 Å². The van der Waals surface area contributed by atoms with Crippen molar-refractivity contribution in [3.8, 4) is 0 Å². The van der Waals surface area contributed by atoms with Gasteiger partial charge in [0.2, 0.25) is 0 Å². The number of thiocarbonyl (C=S) groups is 1. The Labute approximate surface area is 148 Å². The van der Waals surface area contributed by atoms with Crippen LogP contribution in [0, 0.1) is 5.82 Å². The summed E-state index contributed by atoms with van der Waals surface area (Å²) < 4.78 is 18.2. The third-order valence-corrected chi connectivity index (χ3v) is 3.45. The molecule has 2 N–H and O–H groups in total. The zero-order valence-corrected chi connectivity index (χ0v) is 14.1. The number of benzene rings is 2. The van der Waals surface area contributed by atoms with Crippen molar-refractivity contribution < 1.29 is 13.9 Å². The number of esters is 1. The SMILES string of the molecule is COC(=O)c1ccc(NC(=S)NN=Cc2c(F)cccc2Cl)cc1. The van der Waals surface area contributed by atoms with Gasteiger partial charge in [0.15, 0.2) is 5.11 Å². The van der Waals surface area contributed by atoms with E-state index in [-0.39, 0.29) is 15.7 Å². The van der Waals surface area contributed by atoms with E-state index in [1.165, 1.54) is 25.5 Å². The Kier molecular flexibility index (Phi) is 6.22. The van der Waals surface area contributed by atoms with Crippen molar-refractivity contribution in [3.63, 3.8) is 0 Å². The first kappa shape index (κ1) is 17.8. The lowest BCUT2D eigenvalue weighted by Crippen LogP contribution is -2.23. The molecule has 2 aromatic rings. The molecule has 2 rings (SSSR count). The standard InChI is InChI=1S/C16H13ClFN3O2S/c1-23-15(22)10-5-7-11(8-6-10)20-16(24)21-19-9-12-13(17)3-2-4-14(12)18/h2-9H,1H3,(H2,20,21,24). The number of carbonyl (C=O) groups excluding carboxylic acids is 1. The Hall–Kier alpha value is -2.51. The number of rotatable bonds is 4. The molecule has 24 heavy (non-hydrogen) atoms. The molecule has 0 aliphatic carbocycles. The van der Waals surface area contributed by atoms with Crippen LogP contribution in [0.15, 0.2) is 47.6 Å². The average Bonchev–Trinajstić information content (AvgIpc) is 2.57. The second kappa shape index (κ2) is 8.37. The van der Waals surface area contributed by atoms with E-state index in [9.17, 15) is 9.18 Å². The summed E-state index contributed by atoms with van der Waals surface area (Å²) in [6, 6.07) is 10.9. The molecule has 0 radical (unpaired) electrons. The minimum absolute atomic E-state index is 0.164. The fourth-order valence-electron chi connectivity index (χ4n) is 1.76. The summed E-state index contributed by atoms with van der Waals surface area (Å²) >= 11 is 11.0. The van der Waals surface area contributed by atoms with Crippen LogP contribution in [0.2, 0.25) is 5.02 Å². The maximum atomic E-state index is 13.6. The molecule has 5 nitrogen and oxygen atoms in total. The van der Waals surface area contributed by atoms with Crippen LogP contribution in [0.3, 0.4) is 0 Å². The molecule has 0 unspecified atom stereocenters. The quantitative estimate of drug-likeness (QED) is 0.375. The maximum Gasteiger partial charge on any atom is 0.337 e. The van der Waals surface area contributed by atoms with Gasteiger partial charge >= 0.3 is 5.97 Å². The predicted octanol–water partition coefficient (Wildman–Crippen LogP) is 3.59. The smallest absolute Gasteiger partial charge is 0.337 e. The van der Waals surface area contributed by atoms with Gasteiger partial charge in [0, 0.05) is 11.3 Å². The van der Waals surface area contributed by atoms with Crippen LogP contribution in [0.4, 0.5) is 10.1 Å². The molecule has 0 aliphatic rings. The summed E-state index contributed by atoms with van der Waals surface area (Å²) in [7, 11) is 1.31. The van der Waals surface area contributed by atoms with Gasteiger partial charge in [-0.2, -0.15) is 5.10 Å². The van der Waals surface area contributed by atoms with E-state index in [1.807, 2.05) is 0 Å². The number of nitrogens with one attached hydrogen (secondary N) is 2. The molecule has 0 atom stereocenters. The normalized spacial score (nSPS) is 10.5. The lowest BCUT2D eigenvalue weighted by molar-refractivity contribution is 0.0601. The molecule has 8 heteroatoms. The minimum Gasteiger partial charge on any atom is -0.465 e. The number of ether oxygens (including phenoxy) is 1. The molecule has 0 aliphatic heterocycles. The Bertz CT molecular complexity index is 761. The number of hydrogen-bond acceptors (Lipinski definition) is 4. The van der Waals surface area contributed by atoms with Crippen LogP contribution >= 0.6 is 23.8 Å². The Morgan fingerprint density at radius 1 is 1.29 bits per heavy atom. The summed E-state index contributed by atoms with van der Waals surface area (Å²) in [5, 5.41) is 7.16. The zero-order valence-electron chi connectivity index (χ0n) is 12.5. The van der Waals surface area contributed by atoms with Crippen molar-refractivity contribution in [1.82, 2.24) is 5.43 Å². The molecule has 124 valence electrons. The van der Waals surface area contributed by atoms with Crippen LogP contribution in [-0.2, 0) is 4.74 Å². The van der Waals surface area contributed by atoms with Gasteiger partial charge in [-0.1, -0.05) is 17.7 Å². The van der Waals surface area contributed by atoms with E-state index < -0.39 is 11.8 Å². The van der Waals surface area contributed by atoms with Gasteiger partial charge in [0.25, 0.3) is 0 Å². The lowest BCUT2D eigenvalue weighted by Gasteiger charge is -2.07. The molecule has 0 spiro atoms. The molecular formula is C16H13ClFN3O2S. The Balaban J connectivity index is 1.94. The first-order valence-corrected chi connectivity index (χ1v) is 7.52. The number of methoxy groups -OCH3 is 1. The van der Waals surface area contributed by atoms with Crippen molar-refractivity contribution in [2.45, 2.75) is 0 Å². The number of carbonyl (C=O) groups is 1. The van der Waals surface area contributed by atoms with Gasteiger partial charge in [-0.15, -0.1) is 0 Å². The fourth-order valence-corrected chi connectivity index (χ4v) is 2.14. The second-order valence-corrected chi connectivity index (χ2v) is 5.34. The van der Waals surface area contributed by atoms with E-state index in [2.05, 4.69) is 20.6 Å². The number of hydrazone groups is 1. The highest BCUT2D eigenvalue weighted by Crippen LogP contribution is 2.16. The van der Waals surface area contributed by atoms with Crippen LogP contribution in [0.1, 0.15) is 15.9 Å². The summed E-state index contributed by atoms with van der Waals surface area (Å²) in [4.78, 5) is 11.3. The number of anilines is 1. The van der Waals surface area contributed by atoms with E-state index >= 15 is 0 Å². The number of halogens is 2. The highest BCUT2D eigenvalue weighted by atomic mass is 35.5. The fraction of sp³-hybridized carbons (Fsp3) is 0.0625. The second-order valence-electron chi connectivity index (χ2n) is 4.53. The molecule has 0 bridgehead atoms. The average molecular weight is 366 g/mol. The van der Waals surface area contributed by atoms with Gasteiger partial charge in [0.05, 0.1) is 23.9 Å². The summed E-state index contributed by atoms with van der Waals surface area (Å²) in [5.74, 6) is -0.904. The molecule has 0 amide bonds. The molecule has 0 fully saturated rings. The van der Waals surface area contributed by atoms with Gasteiger partial charge in [-0.3, -0.25) is 5.43 Å². The van der Waals surface area contributed by atoms with Crippen LogP contribution < -0.4 is 10.7 Å². The molecule has 0 heterocycles. The van der Waals surface area contributed by atoms with E-state index in [1.54, 1.807) is 30.3 Å². The number of hydrogen-bond donors (Lipinski definition) is 2. The van der Waals surface area contributed by atoms with E-state index in [0.29, 0.717) is 11.3 Å². The molecule has 0 saturated carbocycles. The largest absolute Gasteiger partial charge is 0.465 e. The Morgan fingerprint density at radius 3 is 2.62 bits per heavy atom. The number of nitrogens with zero attached hydrogens (tertiary/aromatic N) is 1.